The lowest BCUT2D eigenvalue weighted by Crippen LogP contribution is -2.27. The average molecular weight is 250 g/mol. The van der Waals surface area contributed by atoms with Crippen LogP contribution in [0.15, 0.2) is 30.4 Å². The summed E-state index contributed by atoms with van der Waals surface area (Å²) in [5, 5.41) is 3.17. The van der Waals surface area contributed by atoms with E-state index >= 15 is 0 Å². The molecule has 100 valence electrons. The summed E-state index contributed by atoms with van der Waals surface area (Å²) in [6.45, 7) is 11.8. The van der Waals surface area contributed by atoms with Gasteiger partial charge < -0.3 is 10.2 Å². The van der Waals surface area contributed by atoms with E-state index in [0.717, 1.165) is 29.9 Å². The number of rotatable bonds is 6. The van der Waals surface area contributed by atoms with Crippen molar-refractivity contribution in [3.63, 3.8) is 0 Å². The lowest BCUT2D eigenvalue weighted by molar-refractivity contribution is 0.607. The molecule has 0 radical (unpaired) electrons. The van der Waals surface area contributed by atoms with Crippen molar-refractivity contribution in [2.45, 2.75) is 26.8 Å². The summed E-state index contributed by atoms with van der Waals surface area (Å²) in [6, 6.07) is 5.10. The third-order valence-corrected chi connectivity index (χ3v) is 3.07. The topological polar surface area (TPSA) is 15.3 Å². The van der Waals surface area contributed by atoms with Crippen LogP contribution in [0.2, 0.25) is 0 Å². The van der Waals surface area contributed by atoms with Gasteiger partial charge >= 0.3 is 0 Å². The number of benzene rings is 1. The van der Waals surface area contributed by atoms with Crippen LogP contribution in [0, 0.1) is 5.82 Å². The number of likely N-dealkylation sites (N-methyl/N-ethyl adjacent to an activating group) is 1. The molecule has 0 saturated carbocycles. The minimum Gasteiger partial charge on any atom is -0.368 e. The van der Waals surface area contributed by atoms with Gasteiger partial charge in [-0.25, -0.2) is 4.39 Å². The van der Waals surface area contributed by atoms with Crippen molar-refractivity contribution in [3.05, 3.63) is 41.7 Å². The van der Waals surface area contributed by atoms with E-state index in [1.54, 1.807) is 6.07 Å². The quantitative estimate of drug-likeness (QED) is 0.777. The second kappa shape index (κ2) is 6.55. The van der Waals surface area contributed by atoms with Crippen LogP contribution in [0.4, 0.5) is 10.1 Å². The van der Waals surface area contributed by atoms with E-state index in [1.807, 2.05) is 27.0 Å². The molecule has 1 aromatic rings. The Morgan fingerprint density at radius 2 is 2.17 bits per heavy atom. The van der Waals surface area contributed by atoms with Gasteiger partial charge in [0.2, 0.25) is 0 Å². The Morgan fingerprint density at radius 1 is 1.50 bits per heavy atom. The Labute approximate surface area is 110 Å². The Morgan fingerprint density at radius 3 is 2.67 bits per heavy atom. The molecule has 3 heteroatoms. The van der Waals surface area contributed by atoms with E-state index in [4.69, 9.17) is 0 Å². The summed E-state index contributed by atoms with van der Waals surface area (Å²) in [7, 11) is 1.88. The number of nitrogens with one attached hydrogen (secondary N) is 1. The van der Waals surface area contributed by atoms with E-state index in [1.165, 1.54) is 6.07 Å². The van der Waals surface area contributed by atoms with Crippen LogP contribution in [-0.2, 0) is 0 Å². The molecule has 0 bridgehead atoms. The maximum atomic E-state index is 13.4. The summed E-state index contributed by atoms with van der Waals surface area (Å²) in [5.41, 5.74) is 3.16. The van der Waals surface area contributed by atoms with E-state index in [9.17, 15) is 4.39 Å². The van der Waals surface area contributed by atoms with Gasteiger partial charge in [0.05, 0.1) is 0 Å². The molecule has 0 aliphatic rings. The zero-order chi connectivity index (χ0) is 13.7. The number of hydrogen-bond donors (Lipinski definition) is 1. The van der Waals surface area contributed by atoms with Crippen molar-refractivity contribution < 1.29 is 4.39 Å². The SMILES string of the molecule is C=C(C)CN(CC)c1ccc(F)cc1C(C)NC. The molecule has 0 aliphatic heterocycles. The molecule has 0 aliphatic carbocycles. The van der Waals surface area contributed by atoms with Crippen molar-refractivity contribution in [2.24, 2.45) is 0 Å². The van der Waals surface area contributed by atoms with Gasteiger partial charge in [0.15, 0.2) is 0 Å². The molecule has 0 aromatic heterocycles. The first kappa shape index (κ1) is 14.7. The highest BCUT2D eigenvalue weighted by Crippen LogP contribution is 2.27. The van der Waals surface area contributed by atoms with Gasteiger partial charge in [0, 0.05) is 24.8 Å². The first-order valence-corrected chi connectivity index (χ1v) is 6.35. The largest absolute Gasteiger partial charge is 0.368 e. The maximum absolute atomic E-state index is 13.4. The van der Waals surface area contributed by atoms with Gasteiger partial charge in [-0.2, -0.15) is 0 Å². The highest BCUT2D eigenvalue weighted by molar-refractivity contribution is 5.55. The van der Waals surface area contributed by atoms with E-state index in [-0.39, 0.29) is 11.9 Å². The van der Waals surface area contributed by atoms with Crippen LogP contribution in [0.5, 0.6) is 0 Å². The summed E-state index contributed by atoms with van der Waals surface area (Å²) in [5.74, 6) is -0.192. The predicted octanol–water partition coefficient (Wildman–Crippen LogP) is 3.51. The number of nitrogens with zero attached hydrogens (tertiary/aromatic N) is 1. The zero-order valence-corrected chi connectivity index (χ0v) is 11.8. The van der Waals surface area contributed by atoms with E-state index in [0.29, 0.717) is 0 Å². The van der Waals surface area contributed by atoms with Crippen LogP contribution in [-0.4, -0.2) is 20.1 Å². The minimum atomic E-state index is -0.192. The van der Waals surface area contributed by atoms with E-state index in [2.05, 4.69) is 23.7 Å². The molecule has 18 heavy (non-hydrogen) atoms. The lowest BCUT2D eigenvalue weighted by Gasteiger charge is -2.28. The summed E-state index contributed by atoms with van der Waals surface area (Å²) < 4.78 is 13.4. The van der Waals surface area contributed by atoms with Gasteiger partial charge in [0.25, 0.3) is 0 Å². The second-order valence-corrected chi connectivity index (χ2v) is 4.68. The molecule has 1 N–H and O–H groups in total. The molecular weight excluding hydrogens is 227 g/mol. The van der Waals surface area contributed by atoms with Gasteiger partial charge in [-0.15, -0.1) is 0 Å². The van der Waals surface area contributed by atoms with Crippen LogP contribution in [0.25, 0.3) is 0 Å². The molecule has 0 saturated heterocycles. The lowest BCUT2D eigenvalue weighted by atomic mass is 10.0. The number of halogens is 1. The first-order valence-electron chi connectivity index (χ1n) is 6.35. The minimum absolute atomic E-state index is 0.120. The monoisotopic (exact) mass is 250 g/mol. The van der Waals surface area contributed by atoms with Crippen molar-refractivity contribution in [2.75, 3.05) is 25.0 Å². The van der Waals surface area contributed by atoms with Crippen LogP contribution in [0.3, 0.4) is 0 Å². The maximum Gasteiger partial charge on any atom is 0.123 e. The third-order valence-electron chi connectivity index (χ3n) is 3.07. The molecule has 2 nitrogen and oxygen atoms in total. The Balaban J connectivity index is 3.16. The van der Waals surface area contributed by atoms with Crippen molar-refractivity contribution in [1.29, 1.82) is 0 Å². The van der Waals surface area contributed by atoms with Crippen molar-refractivity contribution in [3.8, 4) is 0 Å². The van der Waals surface area contributed by atoms with Crippen LogP contribution >= 0.6 is 0 Å². The smallest absolute Gasteiger partial charge is 0.123 e. The predicted molar refractivity (Wildman–Crippen MR) is 76.6 cm³/mol. The fourth-order valence-corrected chi connectivity index (χ4v) is 2.01. The number of anilines is 1. The van der Waals surface area contributed by atoms with Gasteiger partial charge in [0.1, 0.15) is 5.82 Å². The fraction of sp³-hybridized carbons (Fsp3) is 0.467. The Kier molecular flexibility index (Phi) is 5.35. The fourth-order valence-electron chi connectivity index (χ4n) is 2.01. The summed E-state index contributed by atoms with van der Waals surface area (Å²) >= 11 is 0. The standard InChI is InChI=1S/C15H23FN2/c1-6-18(10-11(2)3)15-8-7-13(16)9-14(15)12(4)17-5/h7-9,12,17H,2,6,10H2,1,3-5H3. The second-order valence-electron chi connectivity index (χ2n) is 4.68. The molecule has 1 rings (SSSR count). The first-order chi connectivity index (χ1) is 8.49. The van der Waals surface area contributed by atoms with Crippen LogP contribution < -0.4 is 10.2 Å². The molecular formula is C15H23FN2. The Bertz CT molecular complexity index is 415. The highest BCUT2D eigenvalue weighted by Gasteiger charge is 2.14. The Hall–Kier alpha value is -1.35. The van der Waals surface area contributed by atoms with Crippen LogP contribution in [0.1, 0.15) is 32.4 Å². The molecule has 0 fully saturated rings. The van der Waals surface area contributed by atoms with Gasteiger partial charge in [-0.3, -0.25) is 0 Å². The normalized spacial score (nSPS) is 12.3. The van der Waals surface area contributed by atoms with Crippen molar-refractivity contribution in [1.82, 2.24) is 5.32 Å². The molecule has 1 atom stereocenters. The molecule has 0 amide bonds. The zero-order valence-electron chi connectivity index (χ0n) is 11.8. The summed E-state index contributed by atoms with van der Waals surface area (Å²) in [6.07, 6.45) is 0. The van der Waals surface area contributed by atoms with E-state index < -0.39 is 0 Å². The number of hydrogen-bond acceptors (Lipinski definition) is 2. The summed E-state index contributed by atoms with van der Waals surface area (Å²) in [4.78, 5) is 2.21. The molecule has 0 heterocycles. The van der Waals surface area contributed by atoms with Crippen molar-refractivity contribution >= 4 is 5.69 Å². The van der Waals surface area contributed by atoms with Gasteiger partial charge in [-0.1, -0.05) is 12.2 Å². The average Bonchev–Trinajstić information content (AvgIpc) is 2.35. The third kappa shape index (κ3) is 3.57. The highest BCUT2D eigenvalue weighted by atomic mass is 19.1. The molecule has 0 spiro atoms. The molecule has 1 aromatic carbocycles. The van der Waals surface area contributed by atoms with Gasteiger partial charge in [-0.05, 0) is 51.6 Å². The molecule has 1 unspecified atom stereocenters.